The Bertz CT molecular complexity index is 479. The standard InChI is InChI=1S/C14H14F6O/c15-13(16,17)10-5-9(6-11(7-10)14(18,19)20)8-12(21)3-1-2-4-12/h5-7,21H,1-4,8H2. The van der Waals surface area contributed by atoms with E-state index < -0.39 is 29.1 Å². The maximum Gasteiger partial charge on any atom is 0.416 e. The third-order valence-corrected chi connectivity index (χ3v) is 3.71. The first-order chi connectivity index (χ1) is 9.50. The number of benzene rings is 1. The van der Waals surface area contributed by atoms with Gasteiger partial charge in [0, 0.05) is 6.42 Å². The first kappa shape index (κ1) is 16.1. The number of hydrogen-bond acceptors (Lipinski definition) is 1. The molecule has 1 aliphatic rings. The molecule has 0 aliphatic heterocycles. The summed E-state index contributed by atoms with van der Waals surface area (Å²) in [7, 11) is 0. The van der Waals surface area contributed by atoms with E-state index in [0.29, 0.717) is 25.0 Å². The molecule has 0 saturated heterocycles. The third kappa shape index (κ3) is 3.90. The number of hydrogen-bond donors (Lipinski definition) is 1. The Balaban J connectivity index is 2.40. The summed E-state index contributed by atoms with van der Waals surface area (Å²) < 4.78 is 76.3. The fourth-order valence-electron chi connectivity index (χ4n) is 2.71. The van der Waals surface area contributed by atoms with Crippen LogP contribution in [0, 0.1) is 0 Å². The van der Waals surface area contributed by atoms with Gasteiger partial charge in [-0.05, 0) is 36.6 Å². The Hall–Kier alpha value is -1.24. The van der Waals surface area contributed by atoms with E-state index in [4.69, 9.17) is 0 Å². The van der Waals surface area contributed by atoms with Gasteiger partial charge in [-0.25, -0.2) is 0 Å². The second-order valence-corrected chi connectivity index (χ2v) is 5.52. The smallest absolute Gasteiger partial charge is 0.390 e. The zero-order chi connectivity index (χ0) is 15.9. The van der Waals surface area contributed by atoms with Crippen LogP contribution in [0.2, 0.25) is 0 Å². The van der Waals surface area contributed by atoms with Crippen LogP contribution in [0.3, 0.4) is 0 Å². The molecule has 1 N–H and O–H groups in total. The number of alkyl halides is 6. The Morgan fingerprint density at radius 2 is 1.29 bits per heavy atom. The quantitative estimate of drug-likeness (QED) is 0.793. The highest BCUT2D eigenvalue weighted by Crippen LogP contribution is 2.38. The van der Waals surface area contributed by atoms with Crippen LogP contribution >= 0.6 is 0 Å². The van der Waals surface area contributed by atoms with Crippen molar-refractivity contribution in [2.75, 3.05) is 0 Å². The highest BCUT2D eigenvalue weighted by atomic mass is 19.4. The predicted octanol–water partition coefficient (Wildman–Crippen LogP) is 4.57. The summed E-state index contributed by atoms with van der Waals surface area (Å²) >= 11 is 0. The van der Waals surface area contributed by atoms with E-state index in [-0.39, 0.29) is 18.1 Å². The van der Waals surface area contributed by atoms with E-state index in [1.807, 2.05) is 0 Å². The second-order valence-electron chi connectivity index (χ2n) is 5.52. The van der Waals surface area contributed by atoms with Gasteiger partial charge in [-0.15, -0.1) is 0 Å². The Labute approximate surface area is 117 Å². The average Bonchev–Trinajstić information content (AvgIpc) is 2.73. The normalized spacial score (nSPS) is 19.0. The first-order valence-electron chi connectivity index (χ1n) is 6.50. The summed E-state index contributed by atoms with van der Waals surface area (Å²) in [4.78, 5) is 0. The van der Waals surface area contributed by atoms with Gasteiger partial charge >= 0.3 is 12.4 Å². The minimum atomic E-state index is -4.85. The van der Waals surface area contributed by atoms with Gasteiger partial charge in [0.05, 0.1) is 16.7 Å². The lowest BCUT2D eigenvalue weighted by Gasteiger charge is -2.23. The summed E-state index contributed by atoms with van der Waals surface area (Å²) in [6.45, 7) is 0. The lowest BCUT2D eigenvalue weighted by atomic mass is 9.91. The van der Waals surface area contributed by atoms with Crippen molar-refractivity contribution >= 4 is 0 Å². The van der Waals surface area contributed by atoms with E-state index >= 15 is 0 Å². The van der Waals surface area contributed by atoms with Crippen LogP contribution in [-0.4, -0.2) is 10.7 Å². The molecule has 1 nitrogen and oxygen atoms in total. The molecule has 0 unspecified atom stereocenters. The first-order valence-corrected chi connectivity index (χ1v) is 6.50. The van der Waals surface area contributed by atoms with Gasteiger partial charge in [-0.2, -0.15) is 26.3 Å². The molecule has 1 aliphatic carbocycles. The molecular formula is C14H14F6O. The number of rotatable bonds is 2. The summed E-state index contributed by atoms with van der Waals surface area (Å²) in [6.07, 6.45) is -7.67. The Kier molecular flexibility index (Phi) is 3.99. The van der Waals surface area contributed by atoms with Crippen LogP contribution in [-0.2, 0) is 18.8 Å². The molecule has 21 heavy (non-hydrogen) atoms. The van der Waals surface area contributed by atoms with E-state index in [9.17, 15) is 31.4 Å². The van der Waals surface area contributed by atoms with Crippen molar-refractivity contribution in [2.24, 2.45) is 0 Å². The topological polar surface area (TPSA) is 20.2 Å². The molecule has 118 valence electrons. The van der Waals surface area contributed by atoms with Gasteiger partial charge in [0.2, 0.25) is 0 Å². The zero-order valence-corrected chi connectivity index (χ0v) is 11.0. The SMILES string of the molecule is OC1(Cc2cc(C(F)(F)F)cc(C(F)(F)F)c2)CCCC1. The second kappa shape index (κ2) is 5.19. The zero-order valence-electron chi connectivity index (χ0n) is 11.0. The summed E-state index contributed by atoms with van der Waals surface area (Å²) in [5.74, 6) is 0. The van der Waals surface area contributed by atoms with Crippen molar-refractivity contribution in [3.8, 4) is 0 Å². The molecule has 0 radical (unpaired) electrons. The highest BCUT2D eigenvalue weighted by molar-refractivity contribution is 5.34. The van der Waals surface area contributed by atoms with Crippen LogP contribution in [0.15, 0.2) is 18.2 Å². The summed E-state index contributed by atoms with van der Waals surface area (Å²) in [5.41, 5.74) is -4.02. The molecule has 0 bridgehead atoms. The van der Waals surface area contributed by atoms with Crippen LogP contribution in [0.4, 0.5) is 26.3 Å². The molecular weight excluding hydrogens is 298 g/mol. The highest BCUT2D eigenvalue weighted by Gasteiger charge is 2.38. The minimum Gasteiger partial charge on any atom is -0.390 e. The van der Waals surface area contributed by atoms with E-state index in [1.165, 1.54) is 0 Å². The maximum atomic E-state index is 12.7. The molecule has 7 heteroatoms. The van der Waals surface area contributed by atoms with Gasteiger partial charge in [0.1, 0.15) is 0 Å². The molecule has 0 spiro atoms. The van der Waals surface area contributed by atoms with E-state index in [0.717, 1.165) is 12.8 Å². The van der Waals surface area contributed by atoms with Crippen molar-refractivity contribution in [3.63, 3.8) is 0 Å². The van der Waals surface area contributed by atoms with Crippen molar-refractivity contribution in [1.29, 1.82) is 0 Å². The number of halogens is 6. The lowest BCUT2D eigenvalue weighted by molar-refractivity contribution is -0.143. The average molecular weight is 312 g/mol. The van der Waals surface area contributed by atoms with Gasteiger partial charge < -0.3 is 5.11 Å². The monoisotopic (exact) mass is 312 g/mol. The molecule has 2 rings (SSSR count). The Morgan fingerprint density at radius 3 is 1.67 bits per heavy atom. The molecule has 1 fully saturated rings. The van der Waals surface area contributed by atoms with Crippen molar-refractivity contribution < 1.29 is 31.4 Å². The van der Waals surface area contributed by atoms with E-state index in [1.54, 1.807) is 0 Å². The van der Waals surface area contributed by atoms with Crippen LogP contribution in [0.5, 0.6) is 0 Å². The predicted molar refractivity (Wildman–Crippen MR) is 63.6 cm³/mol. The van der Waals surface area contributed by atoms with E-state index in [2.05, 4.69) is 0 Å². The maximum absolute atomic E-state index is 12.7. The van der Waals surface area contributed by atoms with Gasteiger partial charge in [-0.1, -0.05) is 12.8 Å². The fraction of sp³-hybridized carbons (Fsp3) is 0.571. The molecule has 0 heterocycles. The van der Waals surface area contributed by atoms with Gasteiger partial charge in [0.15, 0.2) is 0 Å². The van der Waals surface area contributed by atoms with Crippen LogP contribution in [0.25, 0.3) is 0 Å². The molecule has 0 atom stereocenters. The minimum absolute atomic E-state index is 0.0994. The third-order valence-electron chi connectivity index (χ3n) is 3.71. The molecule has 0 aromatic heterocycles. The van der Waals surface area contributed by atoms with Crippen molar-refractivity contribution in [2.45, 2.75) is 50.1 Å². The summed E-state index contributed by atoms with van der Waals surface area (Å²) in [5, 5.41) is 10.2. The summed E-state index contributed by atoms with van der Waals surface area (Å²) in [6, 6.07) is 1.47. The van der Waals surface area contributed by atoms with Gasteiger partial charge in [-0.3, -0.25) is 0 Å². The molecule has 1 aromatic rings. The molecule has 0 amide bonds. The fourth-order valence-corrected chi connectivity index (χ4v) is 2.71. The van der Waals surface area contributed by atoms with Crippen molar-refractivity contribution in [1.82, 2.24) is 0 Å². The van der Waals surface area contributed by atoms with Crippen molar-refractivity contribution in [3.05, 3.63) is 34.9 Å². The molecule has 1 saturated carbocycles. The lowest BCUT2D eigenvalue weighted by Crippen LogP contribution is -2.27. The van der Waals surface area contributed by atoms with Gasteiger partial charge in [0.25, 0.3) is 0 Å². The van der Waals surface area contributed by atoms with Crippen LogP contribution in [0.1, 0.15) is 42.4 Å². The van der Waals surface area contributed by atoms with Crippen LogP contribution < -0.4 is 0 Å². The molecule has 1 aromatic carbocycles. The Morgan fingerprint density at radius 1 is 0.857 bits per heavy atom. The number of aliphatic hydroxyl groups is 1. The largest absolute Gasteiger partial charge is 0.416 e.